The molecule has 2 aromatic carbocycles. The number of rotatable bonds is 7. The molecular weight excluding hydrogens is 462 g/mol. The molecule has 2 N–H and O–H groups in total. The molecule has 186 valence electrons. The minimum absolute atomic E-state index is 0.0958. The smallest absolute Gasteiger partial charge is 0.315 e. The van der Waals surface area contributed by atoms with E-state index in [9.17, 15) is 9.59 Å². The second-order valence-electron chi connectivity index (χ2n) is 10.2. The SMILES string of the molecule is Cc1cccc(-n2nc(C(C)(C)C)cc2NC(=O)CN(CC(C)C)C(=O)Nc2ccc(Cl)cc2)c1. The Morgan fingerprint density at radius 3 is 2.34 bits per heavy atom. The maximum Gasteiger partial charge on any atom is 0.322 e. The Bertz CT molecular complexity index is 1180. The zero-order valence-corrected chi connectivity index (χ0v) is 22.0. The van der Waals surface area contributed by atoms with Gasteiger partial charge in [0.2, 0.25) is 5.91 Å². The van der Waals surface area contributed by atoms with E-state index in [1.54, 1.807) is 28.9 Å². The van der Waals surface area contributed by atoms with Gasteiger partial charge in [0.15, 0.2) is 0 Å². The zero-order chi connectivity index (χ0) is 25.8. The van der Waals surface area contributed by atoms with Crippen molar-refractivity contribution < 1.29 is 9.59 Å². The van der Waals surface area contributed by atoms with Crippen molar-refractivity contribution in [3.05, 3.63) is 70.9 Å². The number of nitrogens with one attached hydrogen (secondary N) is 2. The number of carbonyl (C=O) groups excluding carboxylic acids is 2. The molecular formula is C27H34ClN5O2. The molecule has 0 saturated carbocycles. The number of amides is 3. The van der Waals surface area contributed by atoms with Crippen molar-refractivity contribution >= 4 is 35.0 Å². The van der Waals surface area contributed by atoms with Gasteiger partial charge in [-0.15, -0.1) is 0 Å². The topological polar surface area (TPSA) is 79.3 Å². The minimum atomic E-state index is -0.348. The Morgan fingerprint density at radius 1 is 1.06 bits per heavy atom. The average Bonchev–Trinajstić information content (AvgIpc) is 3.19. The lowest BCUT2D eigenvalue weighted by atomic mass is 9.92. The van der Waals surface area contributed by atoms with Gasteiger partial charge in [-0.2, -0.15) is 5.10 Å². The molecule has 1 aromatic heterocycles. The molecule has 1 heterocycles. The molecule has 3 aromatic rings. The van der Waals surface area contributed by atoms with Gasteiger partial charge in [-0.05, 0) is 54.8 Å². The summed E-state index contributed by atoms with van der Waals surface area (Å²) in [4.78, 5) is 27.6. The van der Waals surface area contributed by atoms with E-state index in [1.165, 1.54) is 4.90 Å². The Balaban J connectivity index is 1.81. The highest BCUT2D eigenvalue weighted by atomic mass is 35.5. The van der Waals surface area contributed by atoms with E-state index in [0.29, 0.717) is 23.1 Å². The summed E-state index contributed by atoms with van der Waals surface area (Å²) in [6, 6.07) is 16.3. The Labute approximate surface area is 212 Å². The molecule has 0 bridgehead atoms. The summed E-state index contributed by atoms with van der Waals surface area (Å²) in [6.07, 6.45) is 0. The average molecular weight is 496 g/mol. The van der Waals surface area contributed by atoms with E-state index >= 15 is 0 Å². The summed E-state index contributed by atoms with van der Waals surface area (Å²) < 4.78 is 1.74. The largest absolute Gasteiger partial charge is 0.322 e. The number of urea groups is 1. The van der Waals surface area contributed by atoms with Crippen LogP contribution < -0.4 is 10.6 Å². The fourth-order valence-corrected chi connectivity index (χ4v) is 3.67. The highest BCUT2D eigenvalue weighted by molar-refractivity contribution is 6.30. The third-order valence-corrected chi connectivity index (χ3v) is 5.55. The molecule has 0 radical (unpaired) electrons. The fraction of sp³-hybridized carbons (Fsp3) is 0.370. The van der Waals surface area contributed by atoms with E-state index in [2.05, 4.69) is 31.4 Å². The summed E-state index contributed by atoms with van der Waals surface area (Å²) in [6.45, 7) is 12.6. The third kappa shape index (κ3) is 7.33. The number of carbonyl (C=O) groups is 2. The van der Waals surface area contributed by atoms with Crippen LogP contribution in [0.3, 0.4) is 0 Å². The molecule has 0 fully saturated rings. The highest BCUT2D eigenvalue weighted by Crippen LogP contribution is 2.26. The summed E-state index contributed by atoms with van der Waals surface area (Å²) in [5.74, 6) is 0.448. The van der Waals surface area contributed by atoms with E-state index in [1.807, 2.05) is 51.1 Å². The van der Waals surface area contributed by atoms with Crippen LogP contribution in [-0.2, 0) is 10.2 Å². The molecule has 0 atom stereocenters. The predicted octanol–water partition coefficient (Wildman–Crippen LogP) is 6.26. The Hall–Kier alpha value is -3.32. The van der Waals surface area contributed by atoms with Crippen LogP contribution in [0.1, 0.15) is 45.9 Å². The molecule has 3 amide bonds. The highest BCUT2D eigenvalue weighted by Gasteiger charge is 2.23. The second kappa shape index (κ2) is 11.0. The van der Waals surface area contributed by atoms with Gasteiger partial charge >= 0.3 is 6.03 Å². The van der Waals surface area contributed by atoms with Gasteiger partial charge in [-0.25, -0.2) is 9.48 Å². The predicted molar refractivity (Wildman–Crippen MR) is 143 cm³/mol. The molecule has 0 aliphatic rings. The standard InChI is InChI=1S/C27H34ClN5O2/c1-18(2)16-32(26(35)29-21-12-10-20(28)11-13-21)17-25(34)30-24-15-23(27(4,5)6)31-33(24)22-9-7-8-19(3)14-22/h7-15,18H,16-17H2,1-6H3,(H,29,35)(H,30,34). The Morgan fingerprint density at radius 2 is 1.74 bits per heavy atom. The first-order chi connectivity index (χ1) is 16.4. The van der Waals surface area contributed by atoms with Crippen molar-refractivity contribution in [1.82, 2.24) is 14.7 Å². The second-order valence-corrected chi connectivity index (χ2v) is 10.6. The van der Waals surface area contributed by atoms with Crippen LogP contribution in [0.4, 0.5) is 16.3 Å². The first kappa shape index (κ1) is 26.3. The number of nitrogens with zero attached hydrogens (tertiary/aromatic N) is 3. The summed E-state index contributed by atoms with van der Waals surface area (Å²) >= 11 is 5.94. The van der Waals surface area contributed by atoms with Gasteiger partial charge < -0.3 is 15.5 Å². The number of aryl methyl sites for hydroxylation is 1. The minimum Gasteiger partial charge on any atom is -0.315 e. The third-order valence-electron chi connectivity index (χ3n) is 5.29. The van der Waals surface area contributed by atoms with Gasteiger partial charge in [0.25, 0.3) is 0 Å². The molecule has 35 heavy (non-hydrogen) atoms. The lowest BCUT2D eigenvalue weighted by Crippen LogP contribution is -2.42. The Kier molecular flexibility index (Phi) is 8.22. The monoisotopic (exact) mass is 495 g/mol. The van der Waals surface area contributed by atoms with Crippen molar-refractivity contribution in [3.8, 4) is 5.69 Å². The zero-order valence-electron chi connectivity index (χ0n) is 21.2. The van der Waals surface area contributed by atoms with Gasteiger partial charge in [0, 0.05) is 28.7 Å². The van der Waals surface area contributed by atoms with Crippen LogP contribution in [-0.4, -0.2) is 39.7 Å². The number of hydrogen-bond acceptors (Lipinski definition) is 3. The van der Waals surface area contributed by atoms with Gasteiger partial charge in [0.05, 0.1) is 11.4 Å². The maximum absolute atomic E-state index is 13.1. The lowest BCUT2D eigenvalue weighted by molar-refractivity contribution is -0.116. The van der Waals surface area contributed by atoms with Crippen molar-refractivity contribution in [2.24, 2.45) is 5.92 Å². The van der Waals surface area contributed by atoms with Crippen LogP contribution in [0, 0.1) is 12.8 Å². The van der Waals surface area contributed by atoms with Crippen molar-refractivity contribution in [3.63, 3.8) is 0 Å². The number of aromatic nitrogens is 2. The first-order valence-electron chi connectivity index (χ1n) is 11.7. The molecule has 7 nitrogen and oxygen atoms in total. The van der Waals surface area contributed by atoms with Gasteiger partial charge in [-0.1, -0.05) is 58.4 Å². The quantitative estimate of drug-likeness (QED) is 0.406. The van der Waals surface area contributed by atoms with Gasteiger partial charge in [-0.3, -0.25) is 4.79 Å². The lowest BCUT2D eigenvalue weighted by Gasteiger charge is -2.24. The van der Waals surface area contributed by atoms with Crippen molar-refractivity contribution in [1.29, 1.82) is 0 Å². The molecule has 8 heteroatoms. The molecule has 0 spiro atoms. The fourth-order valence-electron chi connectivity index (χ4n) is 3.54. The normalized spacial score (nSPS) is 11.4. The summed E-state index contributed by atoms with van der Waals surface area (Å²) in [5, 5.41) is 11.2. The number of halogens is 1. The van der Waals surface area contributed by atoms with E-state index < -0.39 is 0 Å². The van der Waals surface area contributed by atoms with Crippen molar-refractivity contribution in [2.45, 2.75) is 47.0 Å². The molecule has 0 aliphatic heterocycles. The molecule has 0 saturated heterocycles. The van der Waals surface area contributed by atoms with E-state index in [4.69, 9.17) is 16.7 Å². The number of anilines is 2. The van der Waals surface area contributed by atoms with Crippen LogP contribution >= 0.6 is 11.6 Å². The molecule has 0 aliphatic carbocycles. The number of benzene rings is 2. The summed E-state index contributed by atoms with van der Waals surface area (Å²) in [7, 11) is 0. The van der Waals surface area contributed by atoms with Crippen LogP contribution in [0.2, 0.25) is 5.02 Å². The van der Waals surface area contributed by atoms with Gasteiger partial charge in [0.1, 0.15) is 12.4 Å². The maximum atomic E-state index is 13.1. The van der Waals surface area contributed by atoms with Crippen LogP contribution in [0.15, 0.2) is 54.6 Å². The first-order valence-corrected chi connectivity index (χ1v) is 12.1. The molecule has 3 rings (SSSR count). The van der Waals surface area contributed by atoms with Crippen molar-refractivity contribution in [2.75, 3.05) is 23.7 Å². The number of hydrogen-bond donors (Lipinski definition) is 2. The van der Waals surface area contributed by atoms with E-state index in [-0.39, 0.29) is 29.8 Å². The van der Waals surface area contributed by atoms with Crippen LogP contribution in [0.25, 0.3) is 5.69 Å². The molecule has 0 unspecified atom stereocenters. The summed E-state index contributed by atoms with van der Waals surface area (Å²) in [5.41, 5.74) is 3.22. The van der Waals surface area contributed by atoms with E-state index in [0.717, 1.165) is 16.9 Å². The van der Waals surface area contributed by atoms with Crippen LogP contribution in [0.5, 0.6) is 0 Å².